The van der Waals surface area contributed by atoms with Gasteiger partial charge in [0.05, 0.1) is 0 Å². The predicted octanol–water partition coefficient (Wildman–Crippen LogP) is 5.75. The molecule has 0 aliphatic heterocycles. The maximum atomic E-state index is 11.5. The van der Waals surface area contributed by atoms with Crippen LogP contribution in [0.5, 0.6) is 0 Å². The molecular formula is C20H20BrNO. The second kappa shape index (κ2) is 5.97. The quantitative estimate of drug-likeness (QED) is 0.733. The van der Waals surface area contributed by atoms with Crippen LogP contribution in [0.3, 0.4) is 0 Å². The van der Waals surface area contributed by atoms with Crippen LogP contribution in [-0.2, 0) is 4.79 Å². The van der Waals surface area contributed by atoms with Crippen LogP contribution in [0, 0.1) is 5.41 Å². The predicted molar refractivity (Wildman–Crippen MR) is 100 cm³/mol. The molecule has 0 atom stereocenters. The van der Waals surface area contributed by atoms with Gasteiger partial charge >= 0.3 is 0 Å². The van der Waals surface area contributed by atoms with Gasteiger partial charge in [0.15, 0.2) is 0 Å². The zero-order chi connectivity index (χ0) is 16.6. The van der Waals surface area contributed by atoms with E-state index in [1.54, 1.807) is 6.92 Å². The summed E-state index contributed by atoms with van der Waals surface area (Å²) in [4.78, 5) is 11.5. The number of hydrogen-bond acceptors (Lipinski definition) is 1. The van der Waals surface area contributed by atoms with E-state index in [-0.39, 0.29) is 11.3 Å². The van der Waals surface area contributed by atoms with Crippen LogP contribution in [0.1, 0.15) is 38.3 Å². The largest absolute Gasteiger partial charge is 0.326 e. The Labute approximate surface area is 145 Å². The van der Waals surface area contributed by atoms with Crippen molar-refractivity contribution < 1.29 is 4.79 Å². The first-order valence-corrected chi connectivity index (χ1v) is 8.54. The van der Waals surface area contributed by atoms with Gasteiger partial charge in [0.2, 0.25) is 5.91 Å². The first-order chi connectivity index (χ1) is 10.9. The molecule has 3 rings (SSSR count). The van der Waals surface area contributed by atoms with Crippen LogP contribution in [0.25, 0.3) is 11.1 Å². The highest BCUT2D eigenvalue weighted by molar-refractivity contribution is 9.10. The summed E-state index contributed by atoms with van der Waals surface area (Å²) in [6, 6.07) is 16.5. The van der Waals surface area contributed by atoms with E-state index in [0.29, 0.717) is 0 Å². The van der Waals surface area contributed by atoms with Crippen molar-refractivity contribution in [1.29, 1.82) is 0 Å². The Bertz CT molecular complexity index is 788. The maximum absolute atomic E-state index is 11.5. The summed E-state index contributed by atoms with van der Waals surface area (Å²) in [5.41, 5.74) is 6.09. The normalized spacial score (nSPS) is 16.0. The minimum Gasteiger partial charge on any atom is -0.326 e. The van der Waals surface area contributed by atoms with Gasteiger partial charge in [-0.05, 0) is 46.7 Å². The number of carbonyl (C=O) groups is 1. The van der Waals surface area contributed by atoms with Crippen LogP contribution in [0.4, 0.5) is 5.69 Å². The number of hydrogen-bond donors (Lipinski definition) is 1. The topological polar surface area (TPSA) is 29.1 Å². The minimum atomic E-state index is -0.0400. The Kier molecular flexibility index (Phi) is 4.15. The number of amides is 1. The van der Waals surface area contributed by atoms with Gasteiger partial charge in [-0.2, -0.15) is 0 Å². The van der Waals surface area contributed by atoms with Gasteiger partial charge in [0.1, 0.15) is 0 Å². The van der Waals surface area contributed by atoms with Crippen molar-refractivity contribution in [3.05, 3.63) is 64.1 Å². The first kappa shape index (κ1) is 16.0. The molecule has 0 bridgehead atoms. The fraction of sp³-hybridized carbons (Fsp3) is 0.250. The van der Waals surface area contributed by atoms with Gasteiger partial charge in [-0.15, -0.1) is 0 Å². The summed E-state index contributed by atoms with van der Waals surface area (Å²) in [5.74, 6) is -0.0400. The molecule has 23 heavy (non-hydrogen) atoms. The lowest BCUT2D eigenvalue weighted by Crippen LogP contribution is -2.26. The summed E-state index contributed by atoms with van der Waals surface area (Å²) in [5, 5.41) is 2.95. The van der Waals surface area contributed by atoms with Crippen LogP contribution >= 0.6 is 15.9 Å². The van der Waals surface area contributed by atoms with E-state index in [1.165, 1.54) is 16.7 Å². The highest BCUT2D eigenvalue weighted by atomic mass is 79.9. The van der Waals surface area contributed by atoms with Crippen molar-refractivity contribution in [3.63, 3.8) is 0 Å². The molecule has 2 aromatic rings. The Hall–Kier alpha value is -1.87. The number of anilines is 1. The lowest BCUT2D eigenvalue weighted by molar-refractivity contribution is -0.114. The molecule has 1 aliphatic rings. The number of benzene rings is 2. The van der Waals surface area contributed by atoms with Crippen LogP contribution in [0.2, 0.25) is 0 Å². The Morgan fingerprint density at radius 3 is 2.35 bits per heavy atom. The van der Waals surface area contributed by atoms with E-state index in [4.69, 9.17) is 0 Å². The Balaban J connectivity index is 2.12. The summed E-state index contributed by atoms with van der Waals surface area (Å²) in [7, 11) is 0. The van der Waals surface area contributed by atoms with E-state index in [0.717, 1.165) is 22.1 Å². The third-order valence-electron chi connectivity index (χ3n) is 4.29. The molecule has 3 heteroatoms. The zero-order valence-electron chi connectivity index (χ0n) is 13.6. The van der Waals surface area contributed by atoms with Crippen LogP contribution in [0.15, 0.2) is 53.0 Å². The molecule has 1 aliphatic carbocycles. The molecule has 1 amide bonds. The van der Waals surface area contributed by atoms with E-state index in [9.17, 15) is 4.79 Å². The van der Waals surface area contributed by atoms with E-state index >= 15 is 0 Å². The van der Waals surface area contributed by atoms with Crippen molar-refractivity contribution >= 4 is 38.7 Å². The summed E-state index contributed by atoms with van der Waals surface area (Å²) >= 11 is 3.50. The molecule has 1 N–H and O–H groups in total. The molecular weight excluding hydrogens is 350 g/mol. The molecule has 0 spiro atoms. The number of rotatable bonds is 3. The fourth-order valence-electron chi connectivity index (χ4n) is 3.38. The first-order valence-electron chi connectivity index (χ1n) is 7.75. The van der Waals surface area contributed by atoms with Gasteiger partial charge < -0.3 is 5.32 Å². The number of halogens is 1. The molecule has 0 radical (unpaired) electrons. The molecule has 0 saturated heterocycles. The lowest BCUT2D eigenvalue weighted by atomic mass is 9.62. The average molecular weight is 370 g/mol. The molecule has 2 aromatic carbocycles. The van der Waals surface area contributed by atoms with Crippen molar-refractivity contribution in [1.82, 2.24) is 0 Å². The standard InChI is InChI=1S/C20H20BrNO/c1-13(23)22-18-7-5-4-6-16(18)17-12-20(2,3)19(17)14-8-10-15(21)11-9-14/h4-11H,12H2,1-3H3,(H,22,23). The summed E-state index contributed by atoms with van der Waals surface area (Å²) in [6.45, 7) is 6.09. The van der Waals surface area contributed by atoms with Gasteiger partial charge in [0, 0.05) is 22.6 Å². The number of carbonyl (C=O) groups excluding carboxylic acids is 1. The fourth-order valence-corrected chi connectivity index (χ4v) is 3.64. The molecule has 0 aromatic heterocycles. The highest BCUT2D eigenvalue weighted by Gasteiger charge is 2.38. The van der Waals surface area contributed by atoms with E-state index < -0.39 is 0 Å². The molecule has 0 unspecified atom stereocenters. The smallest absolute Gasteiger partial charge is 0.221 e. The second-order valence-electron chi connectivity index (χ2n) is 6.65. The summed E-state index contributed by atoms with van der Waals surface area (Å²) < 4.78 is 1.08. The maximum Gasteiger partial charge on any atom is 0.221 e. The lowest BCUT2D eigenvalue weighted by Gasteiger charge is -2.42. The van der Waals surface area contributed by atoms with Gasteiger partial charge in [-0.1, -0.05) is 60.1 Å². The van der Waals surface area contributed by atoms with Crippen LogP contribution in [-0.4, -0.2) is 5.91 Å². The van der Waals surface area contributed by atoms with Crippen molar-refractivity contribution in [2.45, 2.75) is 27.2 Å². The second-order valence-corrected chi connectivity index (χ2v) is 7.56. The zero-order valence-corrected chi connectivity index (χ0v) is 15.2. The molecule has 0 heterocycles. The van der Waals surface area contributed by atoms with Gasteiger partial charge in [-0.25, -0.2) is 0 Å². The van der Waals surface area contributed by atoms with Crippen molar-refractivity contribution in [2.24, 2.45) is 5.41 Å². The van der Waals surface area contributed by atoms with Crippen molar-refractivity contribution in [3.8, 4) is 0 Å². The third kappa shape index (κ3) is 3.11. The van der Waals surface area contributed by atoms with E-state index in [1.807, 2.05) is 18.2 Å². The molecule has 0 fully saturated rings. The number of allylic oxidation sites excluding steroid dienone is 2. The minimum absolute atomic E-state index is 0.0400. The summed E-state index contributed by atoms with van der Waals surface area (Å²) in [6.07, 6.45) is 1.01. The average Bonchev–Trinajstić information content (AvgIpc) is 2.47. The highest BCUT2D eigenvalue weighted by Crippen LogP contribution is 2.56. The van der Waals surface area contributed by atoms with Crippen LogP contribution < -0.4 is 5.32 Å². The SMILES string of the molecule is CC(=O)Nc1ccccc1C1=C(c2ccc(Br)cc2)C(C)(C)C1. The Morgan fingerprint density at radius 2 is 1.74 bits per heavy atom. The monoisotopic (exact) mass is 369 g/mol. The molecule has 118 valence electrons. The number of nitrogens with one attached hydrogen (secondary N) is 1. The van der Waals surface area contributed by atoms with Gasteiger partial charge in [-0.3, -0.25) is 4.79 Å². The number of para-hydroxylation sites is 1. The Morgan fingerprint density at radius 1 is 1.09 bits per heavy atom. The van der Waals surface area contributed by atoms with E-state index in [2.05, 4.69) is 65.4 Å². The van der Waals surface area contributed by atoms with Crippen molar-refractivity contribution in [2.75, 3.05) is 5.32 Å². The third-order valence-corrected chi connectivity index (χ3v) is 4.82. The van der Waals surface area contributed by atoms with Gasteiger partial charge in [0.25, 0.3) is 0 Å². The molecule has 2 nitrogen and oxygen atoms in total. The molecule has 0 saturated carbocycles.